The molecular weight excluding hydrogens is 390 g/mol. The lowest BCUT2D eigenvalue weighted by Crippen LogP contribution is -2.50. The smallest absolute Gasteiger partial charge is 0.244 e. The summed E-state index contributed by atoms with van der Waals surface area (Å²) in [6.07, 6.45) is 3.16. The highest BCUT2D eigenvalue weighted by Crippen LogP contribution is 2.25. The summed E-state index contributed by atoms with van der Waals surface area (Å²) >= 11 is 0. The molecule has 0 fully saturated rings. The summed E-state index contributed by atoms with van der Waals surface area (Å²) in [7, 11) is -2.46. The van der Waals surface area contributed by atoms with Crippen LogP contribution in [0.15, 0.2) is 53.7 Å². The van der Waals surface area contributed by atoms with Gasteiger partial charge in [-0.2, -0.15) is 4.31 Å². The van der Waals surface area contributed by atoms with E-state index >= 15 is 0 Å². The minimum absolute atomic E-state index is 0. The normalized spacial score (nSPS) is 12.5. The Hall–Kier alpha value is -2.16. The quantitative estimate of drug-likeness (QED) is 0.714. The van der Waals surface area contributed by atoms with Crippen LogP contribution in [0.25, 0.3) is 0 Å². The molecule has 1 aromatic carbocycles. The molecule has 0 aliphatic rings. The fourth-order valence-corrected chi connectivity index (χ4v) is 4.41. The molecule has 7 nitrogen and oxygen atoms in total. The van der Waals surface area contributed by atoms with Gasteiger partial charge in [0.15, 0.2) is 0 Å². The summed E-state index contributed by atoms with van der Waals surface area (Å²) in [5.41, 5.74) is 6.20. The number of carbonyl (C=O) groups excluding carboxylic acids is 1. The Morgan fingerprint density at radius 1 is 1.22 bits per heavy atom. The molecule has 2 aromatic rings. The fourth-order valence-electron chi connectivity index (χ4n) is 2.69. The number of carbonyl (C=O) groups is 1. The number of benzene rings is 1. The van der Waals surface area contributed by atoms with Crippen LogP contribution >= 0.6 is 12.4 Å². The molecule has 1 amide bonds. The topological polar surface area (TPSA) is 103 Å². The molecule has 0 saturated heterocycles. The minimum Gasteiger partial charge on any atom is -0.497 e. The summed E-state index contributed by atoms with van der Waals surface area (Å²) in [4.78, 5) is 16.1. The second-order valence-electron chi connectivity index (χ2n) is 6.18. The fraction of sp³-hybridized carbons (Fsp3) is 0.333. The van der Waals surface area contributed by atoms with Gasteiger partial charge in [-0.25, -0.2) is 8.42 Å². The lowest BCUT2D eigenvalue weighted by Gasteiger charge is -2.31. The zero-order chi connectivity index (χ0) is 19.3. The van der Waals surface area contributed by atoms with E-state index in [1.165, 1.54) is 19.2 Å². The number of hydrogen-bond acceptors (Lipinski definition) is 5. The zero-order valence-electron chi connectivity index (χ0n) is 15.4. The third kappa shape index (κ3) is 5.41. The van der Waals surface area contributed by atoms with Crippen LogP contribution in [0.3, 0.4) is 0 Å². The molecule has 0 radical (unpaired) electrons. The van der Waals surface area contributed by atoms with Gasteiger partial charge >= 0.3 is 0 Å². The molecule has 0 saturated carbocycles. The number of nitrogens with zero attached hydrogens (tertiary/aromatic N) is 2. The van der Waals surface area contributed by atoms with Crippen molar-refractivity contribution in [3.63, 3.8) is 0 Å². The van der Waals surface area contributed by atoms with Crippen molar-refractivity contribution in [3.8, 4) is 5.75 Å². The van der Waals surface area contributed by atoms with Crippen LogP contribution in [-0.2, 0) is 21.4 Å². The van der Waals surface area contributed by atoms with Gasteiger partial charge in [0.1, 0.15) is 11.8 Å². The molecule has 1 atom stereocenters. The van der Waals surface area contributed by atoms with Crippen molar-refractivity contribution in [1.82, 2.24) is 9.29 Å². The van der Waals surface area contributed by atoms with Crippen LogP contribution in [0.4, 0.5) is 0 Å². The van der Waals surface area contributed by atoms with Crippen molar-refractivity contribution in [2.45, 2.75) is 31.3 Å². The molecule has 0 unspecified atom stereocenters. The third-order valence-electron chi connectivity index (χ3n) is 3.96. The summed E-state index contributed by atoms with van der Waals surface area (Å²) in [5.74, 6) is -0.448. The Morgan fingerprint density at radius 2 is 1.85 bits per heavy atom. The first-order valence-corrected chi connectivity index (χ1v) is 9.55. The van der Waals surface area contributed by atoms with Gasteiger partial charge in [0.05, 0.1) is 12.0 Å². The highest BCUT2D eigenvalue weighted by atomic mass is 35.5. The molecule has 9 heteroatoms. The Balaban J connectivity index is 0.00000364. The van der Waals surface area contributed by atoms with E-state index in [0.29, 0.717) is 11.3 Å². The Bertz CT molecular complexity index is 843. The third-order valence-corrected chi connectivity index (χ3v) is 5.80. The Morgan fingerprint density at radius 3 is 2.30 bits per heavy atom. The number of primary amides is 1. The zero-order valence-corrected chi connectivity index (χ0v) is 17.0. The van der Waals surface area contributed by atoms with Crippen LogP contribution in [0.5, 0.6) is 5.75 Å². The van der Waals surface area contributed by atoms with Crippen LogP contribution < -0.4 is 10.5 Å². The number of halogens is 1. The summed E-state index contributed by atoms with van der Waals surface area (Å²) < 4.78 is 32.7. The SMILES string of the molecule is COc1ccc(S(=O)(=O)N(Cc2cccnc2)[C@@H](C(N)=O)C(C)C)cc1.Cl. The van der Waals surface area contributed by atoms with E-state index in [1.54, 1.807) is 50.5 Å². The maximum atomic E-state index is 13.2. The monoisotopic (exact) mass is 413 g/mol. The van der Waals surface area contributed by atoms with Crippen molar-refractivity contribution >= 4 is 28.3 Å². The predicted molar refractivity (Wildman–Crippen MR) is 105 cm³/mol. The Labute approximate surface area is 166 Å². The Kier molecular flexibility index (Phi) is 8.20. The van der Waals surface area contributed by atoms with E-state index in [0.717, 1.165) is 4.31 Å². The number of nitrogens with two attached hydrogens (primary N) is 1. The highest BCUT2D eigenvalue weighted by molar-refractivity contribution is 7.89. The molecule has 148 valence electrons. The first-order chi connectivity index (χ1) is 12.3. The molecule has 27 heavy (non-hydrogen) atoms. The second-order valence-corrected chi connectivity index (χ2v) is 8.07. The molecule has 0 aliphatic carbocycles. The van der Waals surface area contributed by atoms with Crippen LogP contribution in [-0.4, -0.2) is 36.8 Å². The van der Waals surface area contributed by atoms with Crippen molar-refractivity contribution in [2.75, 3.05) is 7.11 Å². The van der Waals surface area contributed by atoms with E-state index in [-0.39, 0.29) is 29.8 Å². The molecule has 1 aromatic heterocycles. The predicted octanol–water partition coefficient (Wildman–Crippen LogP) is 2.21. The molecule has 1 heterocycles. The van der Waals surface area contributed by atoms with Crippen LogP contribution in [0, 0.1) is 5.92 Å². The number of methoxy groups -OCH3 is 1. The molecule has 2 N–H and O–H groups in total. The van der Waals surface area contributed by atoms with Gasteiger partial charge in [0, 0.05) is 18.9 Å². The number of rotatable bonds is 8. The van der Waals surface area contributed by atoms with Crippen molar-refractivity contribution in [2.24, 2.45) is 11.7 Å². The first kappa shape index (κ1) is 22.9. The minimum atomic E-state index is -3.96. The average Bonchev–Trinajstić information content (AvgIpc) is 2.61. The lowest BCUT2D eigenvalue weighted by molar-refractivity contribution is -0.123. The van der Waals surface area contributed by atoms with Gasteiger partial charge in [-0.15, -0.1) is 12.4 Å². The van der Waals surface area contributed by atoms with Gasteiger partial charge in [0.25, 0.3) is 0 Å². The molecule has 0 bridgehead atoms. The first-order valence-electron chi connectivity index (χ1n) is 8.11. The lowest BCUT2D eigenvalue weighted by atomic mass is 10.0. The van der Waals surface area contributed by atoms with Crippen molar-refractivity contribution < 1.29 is 17.9 Å². The largest absolute Gasteiger partial charge is 0.497 e. The number of amides is 1. The molecule has 0 aliphatic heterocycles. The number of sulfonamides is 1. The number of aromatic nitrogens is 1. The highest BCUT2D eigenvalue weighted by Gasteiger charge is 2.36. The summed E-state index contributed by atoms with van der Waals surface area (Å²) in [5, 5.41) is 0. The van der Waals surface area contributed by atoms with Gasteiger partial charge in [-0.1, -0.05) is 19.9 Å². The van der Waals surface area contributed by atoms with Gasteiger partial charge in [0.2, 0.25) is 15.9 Å². The maximum Gasteiger partial charge on any atom is 0.244 e. The number of ether oxygens (including phenoxy) is 1. The van der Waals surface area contributed by atoms with Gasteiger partial charge in [-0.05, 0) is 41.8 Å². The van der Waals surface area contributed by atoms with E-state index in [9.17, 15) is 13.2 Å². The molecular formula is C18H24ClN3O4S. The van der Waals surface area contributed by atoms with Gasteiger partial charge in [-0.3, -0.25) is 9.78 Å². The van der Waals surface area contributed by atoms with E-state index in [1.807, 2.05) is 0 Å². The van der Waals surface area contributed by atoms with Crippen molar-refractivity contribution in [3.05, 3.63) is 54.4 Å². The van der Waals surface area contributed by atoms with Crippen molar-refractivity contribution in [1.29, 1.82) is 0 Å². The molecule has 0 spiro atoms. The van der Waals surface area contributed by atoms with Crippen LogP contribution in [0.2, 0.25) is 0 Å². The van der Waals surface area contributed by atoms with E-state index in [4.69, 9.17) is 10.5 Å². The average molecular weight is 414 g/mol. The van der Waals surface area contributed by atoms with Gasteiger partial charge < -0.3 is 10.5 Å². The van der Waals surface area contributed by atoms with Crippen LogP contribution in [0.1, 0.15) is 19.4 Å². The standard InChI is InChI=1S/C18H23N3O4S.ClH/c1-13(2)17(18(19)22)21(12-14-5-4-10-20-11-14)26(23,24)16-8-6-15(25-3)7-9-16;/h4-11,13,17H,12H2,1-3H3,(H2,19,22);1H/t17-;/m1./s1. The van der Waals surface area contributed by atoms with E-state index in [2.05, 4.69) is 4.98 Å². The number of hydrogen-bond donors (Lipinski definition) is 1. The second kappa shape index (κ2) is 9.68. The summed E-state index contributed by atoms with van der Waals surface area (Å²) in [6.45, 7) is 3.51. The maximum absolute atomic E-state index is 13.2. The molecule has 2 rings (SSSR count). The van der Waals surface area contributed by atoms with E-state index < -0.39 is 22.0 Å². The number of pyridine rings is 1. The summed E-state index contributed by atoms with van der Waals surface area (Å²) in [6, 6.07) is 8.49.